The monoisotopic (exact) mass is 609 g/mol. The third-order valence-electron chi connectivity index (χ3n) is 8.04. The Morgan fingerprint density at radius 2 is 1.71 bits per heavy atom. The second-order valence-electron chi connectivity index (χ2n) is 11.3. The number of amides is 1. The Bertz CT molecular complexity index is 1650. The normalized spacial score (nSPS) is 13.7. The van der Waals surface area contributed by atoms with E-state index in [-0.39, 0.29) is 6.09 Å². The van der Waals surface area contributed by atoms with E-state index in [9.17, 15) is 4.79 Å². The summed E-state index contributed by atoms with van der Waals surface area (Å²) in [5, 5.41) is 2.08. The van der Waals surface area contributed by atoms with E-state index >= 15 is 0 Å². The van der Waals surface area contributed by atoms with Crippen LogP contribution in [0.5, 0.6) is 5.88 Å². The van der Waals surface area contributed by atoms with Crippen LogP contribution in [0, 0.1) is 0 Å². The molecule has 0 spiro atoms. The predicted octanol–water partition coefficient (Wildman–Crippen LogP) is 3.89. The standard InChI is InChI=1S/C35H40N6O4/c1-36-15-18-40(17-9-16-39-19-22-43-23-20-39)35(42)45-34-31(25-29-14-8-21-44-29)38-33-30(24-27-10-4-2-5-11-27)37-32(26-41(33)34)28-12-6-3-7-13-28/h2-8,10-14,21,26,36H,9,15-20,22-25H2,1H3/p+1. The van der Waals surface area contributed by atoms with Crippen molar-refractivity contribution in [1.82, 2.24) is 24.2 Å². The maximum Gasteiger partial charge on any atom is 0.416 e. The number of nitrogens with two attached hydrogens (primary N) is 1. The predicted molar refractivity (Wildman–Crippen MR) is 171 cm³/mol. The third-order valence-corrected chi connectivity index (χ3v) is 8.04. The zero-order valence-electron chi connectivity index (χ0n) is 25.8. The number of morpholine rings is 1. The Labute approximate surface area is 263 Å². The van der Waals surface area contributed by atoms with Crippen molar-refractivity contribution in [2.24, 2.45) is 0 Å². The van der Waals surface area contributed by atoms with Gasteiger partial charge in [-0.1, -0.05) is 60.7 Å². The van der Waals surface area contributed by atoms with Gasteiger partial charge in [0, 0.05) is 44.4 Å². The molecule has 0 radical (unpaired) electrons. The number of hydrogen-bond donors (Lipinski definition) is 1. The topological polar surface area (TPSA) is 102 Å². The van der Waals surface area contributed by atoms with Gasteiger partial charge in [0.2, 0.25) is 5.88 Å². The molecule has 10 nitrogen and oxygen atoms in total. The van der Waals surface area contributed by atoms with Gasteiger partial charge in [0.25, 0.3) is 0 Å². The zero-order valence-corrected chi connectivity index (χ0v) is 25.8. The SMILES string of the molecule is C[NH2+]CCN(CCCN1CCOCC1)C(=O)Oc1c(Cc2ccco2)nc2c(Cc3ccccc3)nc(-c3ccccc3)cn12. The van der Waals surface area contributed by atoms with Gasteiger partial charge in [0.05, 0.1) is 57.4 Å². The van der Waals surface area contributed by atoms with Gasteiger partial charge in [0.1, 0.15) is 11.5 Å². The summed E-state index contributed by atoms with van der Waals surface area (Å²) in [5.41, 5.74) is 4.94. The molecule has 1 saturated heterocycles. The molecule has 0 saturated carbocycles. The number of fused-ring (bicyclic) bond motifs is 1. The van der Waals surface area contributed by atoms with Crippen LogP contribution in [0.2, 0.25) is 0 Å². The van der Waals surface area contributed by atoms with E-state index in [4.69, 9.17) is 23.9 Å². The molecule has 0 bridgehead atoms. The molecule has 5 aromatic rings. The van der Waals surface area contributed by atoms with E-state index in [2.05, 4.69) is 22.3 Å². The van der Waals surface area contributed by atoms with Crippen LogP contribution in [0.25, 0.3) is 16.9 Å². The minimum absolute atomic E-state index is 0.377. The Balaban J connectivity index is 1.36. The van der Waals surface area contributed by atoms with E-state index in [0.717, 1.165) is 74.1 Å². The van der Waals surface area contributed by atoms with Gasteiger partial charge in [-0.3, -0.25) is 9.30 Å². The average Bonchev–Trinajstić information content (AvgIpc) is 3.72. The first-order valence-corrected chi connectivity index (χ1v) is 15.7. The first-order valence-electron chi connectivity index (χ1n) is 15.7. The van der Waals surface area contributed by atoms with Gasteiger partial charge in [-0.15, -0.1) is 0 Å². The van der Waals surface area contributed by atoms with Crippen molar-refractivity contribution >= 4 is 11.7 Å². The number of carbonyl (C=O) groups is 1. The van der Waals surface area contributed by atoms with Crippen LogP contribution in [0.3, 0.4) is 0 Å². The molecule has 3 aromatic heterocycles. The summed E-state index contributed by atoms with van der Waals surface area (Å²) in [6.45, 7) is 6.25. The number of imidazole rings is 1. The van der Waals surface area contributed by atoms with E-state index in [1.54, 1.807) is 11.2 Å². The largest absolute Gasteiger partial charge is 0.469 e. The maximum atomic E-state index is 13.9. The molecule has 0 aliphatic carbocycles. The molecule has 2 aromatic carbocycles. The molecule has 1 aliphatic rings. The Morgan fingerprint density at radius 3 is 2.44 bits per heavy atom. The molecule has 0 unspecified atom stereocenters. The summed E-state index contributed by atoms with van der Waals surface area (Å²) >= 11 is 0. The maximum absolute atomic E-state index is 13.9. The third kappa shape index (κ3) is 7.78. The minimum Gasteiger partial charge on any atom is -0.469 e. The molecule has 4 heterocycles. The highest BCUT2D eigenvalue weighted by molar-refractivity contribution is 5.72. The average molecular weight is 610 g/mol. The molecular formula is C35H41N6O4+. The van der Waals surface area contributed by atoms with Crippen molar-refractivity contribution in [3.8, 4) is 17.1 Å². The lowest BCUT2D eigenvalue weighted by atomic mass is 10.1. The van der Waals surface area contributed by atoms with Crippen LogP contribution in [0.1, 0.15) is 29.1 Å². The number of furan rings is 1. The summed E-state index contributed by atoms with van der Waals surface area (Å²) in [4.78, 5) is 28.2. The number of rotatable bonds is 13. The summed E-state index contributed by atoms with van der Waals surface area (Å²) in [5.74, 6) is 1.12. The van der Waals surface area contributed by atoms with E-state index in [0.29, 0.717) is 43.2 Å². The van der Waals surface area contributed by atoms with Crippen molar-refractivity contribution in [3.63, 3.8) is 0 Å². The van der Waals surface area contributed by atoms with Gasteiger partial charge < -0.3 is 24.1 Å². The summed E-state index contributed by atoms with van der Waals surface area (Å²) in [6.07, 6.45) is 4.99. The van der Waals surface area contributed by atoms with Crippen LogP contribution in [0.4, 0.5) is 4.79 Å². The number of carbonyl (C=O) groups excluding carboxylic acids is 1. The first kappa shape index (κ1) is 30.5. The molecule has 0 atom stereocenters. The highest BCUT2D eigenvalue weighted by Crippen LogP contribution is 2.30. The van der Waals surface area contributed by atoms with Gasteiger partial charge >= 0.3 is 6.09 Å². The molecule has 45 heavy (non-hydrogen) atoms. The number of aromatic nitrogens is 3. The van der Waals surface area contributed by atoms with Gasteiger partial charge in [0.15, 0.2) is 5.65 Å². The molecular weight excluding hydrogens is 568 g/mol. The van der Waals surface area contributed by atoms with E-state index in [1.165, 1.54) is 0 Å². The minimum atomic E-state index is -0.385. The first-order chi connectivity index (χ1) is 22.2. The lowest BCUT2D eigenvalue weighted by molar-refractivity contribution is -0.626. The Hall–Kier alpha value is -4.51. The Morgan fingerprint density at radius 1 is 0.933 bits per heavy atom. The van der Waals surface area contributed by atoms with Crippen LogP contribution < -0.4 is 10.1 Å². The number of hydrogen-bond acceptors (Lipinski definition) is 7. The molecule has 2 N–H and O–H groups in total. The summed E-state index contributed by atoms with van der Waals surface area (Å²) in [7, 11) is 2.01. The smallest absolute Gasteiger partial charge is 0.416 e. The van der Waals surface area contributed by atoms with Crippen LogP contribution in [0.15, 0.2) is 89.7 Å². The number of likely N-dealkylation sites (N-methyl/N-ethyl adjacent to an activating group) is 1. The van der Waals surface area contributed by atoms with Gasteiger partial charge in [-0.25, -0.2) is 14.8 Å². The summed E-state index contributed by atoms with van der Waals surface area (Å²) in [6, 6.07) is 24.0. The van der Waals surface area contributed by atoms with Crippen LogP contribution in [-0.2, 0) is 17.6 Å². The zero-order chi connectivity index (χ0) is 30.8. The lowest BCUT2D eigenvalue weighted by Gasteiger charge is -2.28. The van der Waals surface area contributed by atoms with E-state index in [1.807, 2.05) is 78.3 Å². The second-order valence-corrected chi connectivity index (χ2v) is 11.3. The fourth-order valence-electron chi connectivity index (χ4n) is 5.63. The van der Waals surface area contributed by atoms with Crippen molar-refractivity contribution in [1.29, 1.82) is 0 Å². The number of ether oxygens (including phenoxy) is 2. The lowest BCUT2D eigenvalue weighted by Crippen LogP contribution is -2.81. The fraction of sp³-hybridized carbons (Fsp3) is 0.343. The molecule has 1 fully saturated rings. The molecule has 1 amide bonds. The Kier molecular flexibility index (Phi) is 10.2. The molecule has 6 rings (SSSR count). The summed E-state index contributed by atoms with van der Waals surface area (Å²) < 4.78 is 19.4. The molecule has 1 aliphatic heterocycles. The number of nitrogens with zero attached hydrogens (tertiary/aromatic N) is 5. The molecule has 10 heteroatoms. The van der Waals surface area contributed by atoms with Gasteiger partial charge in [-0.2, -0.15) is 0 Å². The highest BCUT2D eigenvalue weighted by Gasteiger charge is 2.25. The molecule has 234 valence electrons. The van der Waals surface area contributed by atoms with Crippen molar-refractivity contribution in [2.75, 3.05) is 59.5 Å². The second kappa shape index (κ2) is 15.0. The number of benzene rings is 2. The van der Waals surface area contributed by atoms with Crippen LogP contribution in [-0.4, -0.2) is 89.8 Å². The van der Waals surface area contributed by atoms with Crippen molar-refractivity contribution in [3.05, 3.63) is 108 Å². The fourth-order valence-corrected chi connectivity index (χ4v) is 5.63. The van der Waals surface area contributed by atoms with Gasteiger partial charge in [-0.05, 0) is 24.1 Å². The van der Waals surface area contributed by atoms with E-state index < -0.39 is 0 Å². The van der Waals surface area contributed by atoms with Crippen LogP contribution >= 0.6 is 0 Å². The van der Waals surface area contributed by atoms with Crippen molar-refractivity contribution in [2.45, 2.75) is 19.3 Å². The highest BCUT2D eigenvalue weighted by atomic mass is 16.6. The number of quaternary nitrogens is 1. The van der Waals surface area contributed by atoms with Crippen molar-refractivity contribution < 1.29 is 24.0 Å². The quantitative estimate of drug-likeness (QED) is 0.216.